The highest BCUT2D eigenvalue weighted by Gasteiger charge is 2.24. The first-order valence-electron chi connectivity index (χ1n) is 8.24. The Hall–Kier alpha value is -1.56. The first-order chi connectivity index (χ1) is 10.6. The fraction of sp³-hybridized carbons (Fsp3) is 0.750. The molecule has 1 aromatic heterocycles. The molecule has 6 heteroatoms. The Morgan fingerprint density at radius 3 is 2.77 bits per heavy atom. The molecule has 0 saturated heterocycles. The van der Waals surface area contributed by atoms with Gasteiger partial charge in [0.05, 0.1) is 6.20 Å². The Morgan fingerprint density at radius 2 is 2.18 bits per heavy atom. The number of aliphatic hydroxyl groups excluding tert-OH is 1. The van der Waals surface area contributed by atoms with Gasteiger partial charge in [0, 0.05) is 37.5 Å². The van der Waals surface area contributed by atoms with E-state index in [1.807, 2.05) is 14.0 Å². The van der Waals surface area contributed by atoms with Crippen LogP contribution < -0.4 is 10.6 Å². The summed E-state index contributed by atoms with van der Waals surface area (Å²) in [6.07, 6.45) is 8.44. The molecule has 1 unspecified atom stereocenters. The summed E-state index contributed by atoms with van der Waals surface area (Å²) in [5.74, 6) is 0.492. The highest BCUT2D eigenvalue weighted by molar-refractivity contribution is 5.74. The summed E-state index contributed by atoms with van der Waals surface area (Å²) in [7, 11) is 1.89. The van der Waals surface area contributed by atoms with Gasteiger partial charge >= 0.3 is 6.03 Å². The zero-order chi connectivity index (χ0) is 15.9. The van der Waals surface area contributed by atoms with Crippen LogP contribution in [0.15, 0.2) is 6.20 Å². The number of nitrogens with zero attached hydrogens (tertiary/aromatic N) is 2. The van der Waals surface area contributed by atoms with Crippen LogP contribution in [-0.4, -0.2) is 33.6 Å². The summed E-state index contributed by atoms with van der Waals surface area (Å²) in [5.41, 5.74) is 2.08. The van der Waals surface area contributed by atoms with Crippen LogP contribution in [0.1, 0.15) is 49.8 Å². The maximum Gasteiger partial charge on any atom is 0.315 e. The van der Waals surface area contributed by atoms with Gasteiger partial charge in [0.25, 0.3) is 0 Å². The third kappa shape index (κ3) is 4.47. The number of nitrogens with one attached hydrogen (secondary N) is 2. The normalized spacial score (nSPS) is 17.2. The SMILES string of the molecule is Cc1c(CNC(=O)NC(CCO)C2CCCCC2)cnn1C. The van der Waals surface area contributed by atoms with Crippen LogP contribution in [0, 0.1) is 12.8 Å². The van der Waals surface area contributed by atoms with E-state index < -0.39 is 0 Å². The Balaban J connectivity index is 1.83. The average Bonchev–Trinajstić information content (AvgIpc) is 2.85. The molecule has 2 rings (SSSR count). The second-order valence-corrected chi connectivity index (χ2v) is 6.22. The van der Waals surface area contributed by atoms with Crippen LogP contribution in [0.25, 0.3) is 0 Å². The summed E-state index contributed by atoms with van der Waals surface area (Å²) in [5, 5.41) is 19.4. The van der Waals surface area contributed by atoms with Gasteiger partial charge in [-0.3, -0.25) is 4.68 Å². The van der Waals surface area contributed by atoms with E-state index in [0.29, 0.717) is 18.9 Å². The van der Waals surface area contributed by atoms with Gasteiger partial charge in [-0.15, -0.1) is 0 Å². The fourth-order valence-corrected chi connectivity index (χ4v) is 3.21. The Labute approximate surface area is 132 Å². The van der Waals surface area contributed by atoms with Crippen molar-refractivity contribution in [3.05, 3.63) is 17.5 Å². The number of carbonyl (C=O) groups excluding carboxylic acids is 1. The van der Waals surface area contributed by atoms with Gasteiger partial charge in [-0.25, -0.2) is 4.79 Å². The zero-order valence-electron chi connectivity index (χ0n) is 13.6. The van der Waals surface area contributed by atoms with E-state index in [4.69, 9.17) is 0 Å². The highest BCUT2D eigenvalue weighted by atomic mass is 16.3. The van der Waals surface area contributed by atoms with E-state index >= 15 is 0 Å². The van der Waals surface area contributed by atoms with Gasteiger partial charge in [0.1, 0.15) is 0 Å². The summed E-state index contributed by atoms with van der Waals surface area (Å²) in [6, 6.07) is -0.0902. The summed E-state index contributed by atoms with van der Waals surface area (Å²) in [6.45, 7) is 2.57. The standard InChI is InChI=1S/C16H28N4O2/c1-12-14(11-18-20(12)2)10-17-16(22)19-15(8-9-21)13-6-4-3-5-7-13/h11,13,15,21H,3-10H2,1-2H3,(H2,17,19,22). The summed E-state index contributed by atoms with van der Waals surface area (Å²) < 4.78 is 1.80. The number of hydrogen-bond donors (Lipinski definition) is 3. The number of aromatic nitrogens is 2. The molecule has 2 amide bonds. The van der Waals surface area contributed by atoms with E-state index in [9.17, 15) is 9.90 Å². The van der Waals surface area contributed by atoms with Crippen LogP contribution in [-0.2, 0) is 13.6 Å². The molecule has 1 aromatic rings. The molecule has 0 radical (unpaired) electrons. The van der Waals surface area contributed by atoms with Crippen molar-refractivity contribution >= 4 is 6.03 Å². The molecule has 0 aromatic carbocycles. The number of carbonyl (C=O) groups is 1. The third-order valence-electron chi connectivity index (χ3n) is 4.75. The average molecular weight is 308 g/mol. The maximum atomic E-state index is 12.1. The molecule has 3 N–H and O–H groups in total. The molecule has 124 valence electrons. The van der Waals surface area contributed by atoms with Crippen molar-refractivity contribution in [1.82, 2.24) is 20.4 Å². The molecule has 1 heterocycles. The summed E-state index contributed by atoms with van der Waals surface area (Å²) in [4.78, 5) is 12.1. The van der Waals surface area contributed by atoms with Gasteiger partial charge in [0.2, 0.25) is 0 Å². The highest BCUT2D eigenvalue weighted by Crippen LogP contribution is 2.27. The maximum absolute atomic E-state index is 12.1. The smallest absolute Gasteiger partial charge is 0.315 e. The van der Waals surface area contributed by atoms with Crippen LogP contribution >= 0.6 is 0 Å². The van der Waals surface area contributed by atoms with Gasteiger partial charge in [-0.1, -0.05) is 19.3 Å². The number of aryl methyl sites for hydroxylation is 1. The van der Waals surface area contributed by atoms with Gasteiger partial charge < -0.3 is 15.7 Å². The molecule has 0 bridgehead atoms. The summed E-state index contributed by atoms with van der Waals surface area (Å²) >= 11 is 0. The van der Waals surface area contributed by atoms with E-state index in [0.717, 1.165) is 24.1 Å². The number of rotatable bonds is 6. The molecule has 1 saturated carbocycles. The van der Waals surface area contributed by atoms with Crippen LogP contribution in [0.4, 0.5) is 4.79 Å². The van der Waals surface area contributed by atoms with Crippen LogP contribution in [0.5, 0.6) is 0 Å². The van der Waals surface area contributed by atoms with Gasteiger partial charge in [-0.2, -0.15) is 5.10 Å². The Bertz CT molecular complexity index is 480. The van der Waals surface area contributed by atoms with Crippen molar-refractivity contribution in [2.24, 2.45) is 13.0 Å². The Kier molecular flexibility index (Phi) is 6.24. The molecule has 1 aliphatic carbocycles. The lowest BCUT2D eigenvalue weighted by molar-refractivity contribution is 0.196. The number of urea groups is 1. The lowest BCUT2D eigenvalue weighted by Crippen LogP contribution is -2.46. The number of amides is 2. The molecule has 1 atom stereocenters. The fourth-order valence-electron chi connectivity index (χ4n) is 3.21. The van der Waals surface area contributed by atoms with E-state index in [2.05, 4.69) is 15.7 Å². The topological polar surface area (TPSA) is 79.2 Å². The number of aliphatic hydroxyl groups is 1. The molecule has 0 aliphatic heterocycles. The minimum absolute atomic E-state index is 0.0697. The second-order valence-electron chi connectivity index (χ2n) is 6.22. The van der Waals surface area contributed by atoms with Gasteiger partial charge in [0.15, 0.2) is 0 Å². The quantitative estimate of drug-likeness (QED) is 0.750. The van der Waals surface area contributed by atoms with Crippen LogP contribution in [0.3, 0.4) is 0 Å². The first-order valence-corrected chi connectivity index (χ1v) is 8.24. The molecule has 6 nitrogen and oxygen atoms in total. The monoisotopic (exact) mass is 308 g/mol. The van der Waals surface area contributed by atoms with Crippen molar-refractivity contribution in [3.63, 3.8) is 0 Å². The zero-order valence-corrected chi connectivity index (χ0v) is 13.6. The molecule has 1 aliphatic rings. The lowest BCUT2D eigenvalue weighted by Gasteiger charge is -2.30. The largest absolute Gasteiger partial charge is 0.396 e. The molecular weight excluding hydrogens is 280 g/mol. The van der Waals surface area contributed by atoms with E-state index in [1.54, 1.807) is 10.9 Å². The van der Waals surface area contributed by atoms with Gasteiger partial charge in [-0.05, 0) is 32.1 Å². The molecular formula is C16H28N4O2. The first kappa shape index (κ1) is 16.8. The Morgan fingerprint density at radius 1 is 1.45 bits per heavy atom. The second kappa shape index (κ2) is 8.17. The molecule has 1 fully saturated rings. The van der Waals surface area contributed by atoms with E-state index in [1.165, 1.54) is 19.3 Å². The molecule has 22 heavy (non-hydrogen) atoms. The van der Waals surface area contributed by atoms with E-state index in [-0.39, 0.29) is 18.7 Å². The predicted octanol–water partition coefficient (Wildman–Crippen LogP) is 1.86. The predicted molar refractivity (Wildman–Crippen MR) is 85.4 cm³/mol. The minimum atomic E-state index is -0.160. The van der Waals surface area contributed by atoms with Crippen LogP contribution in [0.2, 0.25) is 0 Å². The van der Waals surface area contributed by atoms with Crippen molar-refractivity contribution in [2.75, 3.05) is 6.61 Å². The lowest BCUT2D eigenvalue weighted by atomic mass is 9.83. The molecule has 0 spiro atoms. The third-order valence-corrected chi connectivity index (χ3v) is 4.75. The van der Waals surface area contributed by atoms with Crippen molar-refractivity contribution in [2.45, 2.75) is 58.0 Å². The minimum Gasteiger partial charge on any atom is -0.396 e. The van der Waals surface area contributed by atoms with Crippen molar-refractivity contribution in [1.29, 1.82) is 0 Å². The van der Waals surface area contributed by atoms with Crippen molar-refractivity contribution in [3.8, 4) is 0 Å². The van der Waals surface area contributed by atoms with Crippen molar-refractivity contribution < 1.29 is 9.90 Å². The number of hydrogen-bond acceptors (Lipinski definition) is 3.